The van der Waals surface area contributed by atoms with Gasteiger partial charge in [-0.3, -0.25) is 14.5 Å². The third kappa shape index (κ3) is 5.26. The van der Waals surface area contributed by atoms with Gasteiger partial charge in [0, 0.05) is 19.7 Å². The average molecular weight is 464 g/mol. The number of likely N-dealkylation sites (N-methyl/N-ethyl adjacent to an activating group) is 1. The summed E-state index contributed by atoms with van der Waals surface area (Å²) in [4.78, 5) is 41.4. The number of hydrogen-bond donors (Lipinski definition) is 1. The second-order valence-electron chi connectivity index (χ2n) is 7.45. The monoisotopic (exact) mass is 463 g/mol. The van der Waals surface area contributed by atoms with Gasteiger partial charge in [-0.1, -0.05) is 41.9 Å². The van der Waals surface area contributed by atoms with Crippen LogP contribution in [0.4, 0.5) is 5.00 Å². The maximum absolute atomic E-state index is 12.8. The SMILES string of the molecule is CCOC(=O)c1c(NC(=O)CN2CCCC2C(=O)N(C)C)sc(Cl)c1-c1ccccc1. The van der Waals surface area contributed by atoms with Crippen molar-refractivity contribution in [2.75, 3.05) is 39.1 Å². The van der Waals surface area contributed by atoms with Crippen LogP contribution >= 0.6 is 22.9 Å². The molecular formula is C22H26ClN3O4S. The summed E-state index contributed by atoms with van der Waals surface area (Å²) >= 11 is 7.61. The number of nitrogens with one attached hydrogen (secondary N) is 1. The Hall–Kier alpha value is -2.42. The summed E-state index contributed by atoms with van der Waals surface area (Å²) in [6, 6.07) is 8.97. The van der Waals surface area contributed by atoms with E-state index in [1.807, 2.05) is 35.2 Å². The fraction of sp³-hybridized carbons (Fsp3) is 0.409. The number of anilines is 1. The molecule has 0 aliphatic carbocycles. The minimum absolute atomic E-state index is 0.0111. The summed E-state index contributed by atoms with van der Waals surface area (Å²) < 4.78 is 5.63. The van der Waals surface area contributed by atoms with Crippen LogP contribution in [0, 0.1) is 0 Å². The maximum Gasteiger partial charge on any atom is 0.341 e. The molecule has 0 spiro atoms. The topological polar surface area (TPSA) is 79.0 Å². The highest BCUT2D eigenvalue weighted by molar-refractivity contribution is 7.21. The number of rotatable bonds is 7. The van der Waals surface area contributed by atoms with Gasteiger partial charge in [0.2, 0.25) is 11.8 Å². The van der Waals surface area contributed by atoms with Gasteiger partial charge in [-0.25, -0.2) is 4.79 Å². The zero-order valence-electron chi connectivity index (χ0n) is 17.8. The largest absolute Gasteiger partial charge is 0.462 e. The Kier molecular flexibility index (Phi) is 7.69. The van der Waals surface area contributed by atoms with E-state index in [2.05, 4.69) is 5.32 Å². The highest BCUT2D eigenvalue weighted by Crippen LogP contribution is 2.44. The van der Waals surface area contributed by atoms with E-state index in [-0.39, 0.29) is 36.6 Å². The van der Waals surface area contributed by atoms with Crippen LogP contribution < -0.4 is 5.32 Å². The Morgan fingerprint density at radius 1 is 1.26 bits per heavy atom. The lowest BCUT2D eigenvalue weighted by Gasteiger charge is -2.25. The van der Waals surface area contributed by atoms with Crippen molar-refractivity contribution in [3.8, 4) is 11.1 Å². The van der Waals surface area contributed by atoms with E-state index in [1.165, 1.54) is 0 Å². The molecule has 166 valence electrons. The van der Waals surface area contributed by atoms with E-state index in [0.29, 0.717) is 21.4 Å². The normalized spacial score (nSPS) is 16.2. The zero-order chi connectivity index (χ0) is 22.5. The highest BCUT2D eigenvalue weighted by atomic mass is 35.5. The number of thiophene rings is 1. The summed E-state index contributed by atoms with van der Waals surface area (Å²) in [5.41, 5.74) is 1.56. The van der Waals surface area contributed by atoms with Crippen molar-refractivity contribution in [2.24, 2.45) is 0 Å². The van der Waals surface area contributed by atoms with Gasteiger partial charge in [-0.05, 0) is 31.9 Å². The quantitative estimate of drug-likeness (QED) is 0.633. The number of benzene rings is 1. The van der Waals surface area contributed by atoms with Crippen LogP contribution in [-0.4, -0.2) is 67.4 Å². The van der Waals surface area contributed by atoms with Crippen LogP contribution in [0.3, 0.4) is 0 Å². The molecule has 0 radical (unpaired) electrons. The number of carbonyl (C=O) groups excluding carboxylic acids is 3. The number of halogens is 1. The van der Waals surface area contributed by atoms with Crippen molar-refractivity contribution >= 4 is 45.7 Å². The average Bonchev–Trinajstić information content (AvgIpc) is 3.31. The van der Waals surface area contributed by atoms with Gasteiger partial charge in [0.1, 0.15) is 14.9 Å². The van der Waals surface area contributed by atoms with Crippen LogP contribution in [0.15, 0.2) is 30.3 Å². The summed E-state index contributed by atoms with van der Waals surface area (Å²) in [5, 5.41) is 3.17. The molecule has 2 amide bonds. The maximum atomic E-state index is 12.8. The number of esters is 1. The lowest BCUT2D eigenvalue weighted by molar-refractivity contribution is -0.133. The first kappa shape index (κ1) is 23.2. The third-order valence-corrected chi connectivity index (χ3v) is 6.41. The summed E-state index contributed by atoms with van der Waals surface area (Å²) in [7, 11) is 3.42. The van der Waals surface area contributed by atoms with Crippen molar-refractivity contribution in [1.29, 1.82) is 0 Å². The molecule has 1 fully saturated rings. The Morgan fingerprint density at radius 2 is 1.97 bits per heavy atom. The summed E-state index contributed by atoms with van der Waals surface area (Å²) in [6.07, 6.45) is 1.58. The molecule has 1 unspecified atom stereocenters. The van der Waals surface area contributed by atoms with E-state index < -0.39 is 5.97 Å². The molecule has 31 heavy (non-hydrogen) atoms. The molecule has 3 rings (SSSR count). The van der Waals surface area contributed by atoms with Gasteiger partial charge in [-0.15, -0.1) is 11.3 Å². The fourth-order valence-electron chi connectivity index (χ4n) is 3.70. The van der Waals surface area contributed by atoms with E-state index >= 15 is 0 Å². The van der Waals surface area contributed by atoms with Crippen LogP contribution in [0.5, 0.6) is 0 Å². The number of carbonyl (C=O) groups is 3. The van der Waals surface area contributed by atoms with E-state index in [9.17, 15) is 14.4 Å². The second kappa shape index (κ2) is 10.3. The molecule has 1 aliphatic heterocycles. The van der Waals surface area contributed by atoms with Gasteiger partial charge in [-0.2, -0.15) is 0 Å². The predicted octanol–water partition coefficient (Wildman–Crippen LogP) is 3.74. The highest BCUT2D eigenvalue weighted by Gasteiger charge is 2.33. The molecule has 9 heteroatoms. The molecule has 7 nitrogen and oxygen atoms in total. The van der Waals surface area contributed by atoms with Crippen molar-refractivity contribution in [3.05, 3.63) is 40.2 Å². The van der Waals surface area contributed by atoms with Crippen LogP contribution in [-0.2, 0) is 14.3 Å². The van der Waals surface area contributed by atoms with Gasteiger partial charge >= 0.3 is 5.97 Å². The molecule has 1 aromatic heterocycles. The zero-order valence-corrected chi connectivity index (χ0v) is 19.4. The van der Waals surface area contributed by atoms with Gasteiger partial charge in [0.05, 0.1) is 19.2 Å². The number of amides is 2. The summed E-state index contributed by atoms with van der Waals surface area (Å²) in [6.45, 7) is 2.66. The van der Waals surface area contributed by atoms with Gasteiger partial charge in [0.25, 0.3) is 0 Å². The standard InChI is InChI=1S/C22H26ClN3O4S/c1-4-30-22(29)18-17(14-9-6-5-7-10-14)19(23)31-20(18)24-16(27)13-26-12-8-11-15(26)21(28)25(2)3/h5-7,9-10,15H,4,8,11-13H2,1-3H3,(H,24,27). The molecule has 1 atom stereocenters. The molecule has 2 aromatic rings. The Morgan fingerprint density at radius 3 is 2.61 bits per heavy atom. The summed E-state index contributed by atoms with van der Waals surface area (Å²) in [5.74, 6) is -0.855. The first-order valence-electron chi connectivity index (χ1n) is 10.1. The first-order valence-corrected chi connectivity index (χ1v) is 11.3. The lowest BCUT2D eigenvalue weighted by atomic mass is 10.0. The molecule has 0 bridgehead atoms. The second-order valence-corrected chi connectivity index (χ2v) is 9.07. The molecule has 1 N–H and O–H groups in total. The minimum Gasteiger partial charge on any atom is -0.462 e. The molecular weight excluding hydrogens is 438 g/mol. The fourth-order valence-corrected chi connectivity index (χ4v) is 5.08. The van der Waals surface area contributed by atoms with Crippen molar-refractivity contribution in [3.63, 3.8) is 0 Å². The number of nitrogens with zero attached hydrogens (tertiary/aromatic N) is 2. The third-order valence-electron chi connectivity index (χ3n) is 5.10. The van der Waals surface area contributed by atoms with E-state index in [1.54, 1.807) is 25.9 Å². The number of likely N-dealkylation sites (tertiary alicyclic amines) is 1. The Balaban J connectivity index is 1.85. The van der Waals surface area contributed by atoms with Crippen LogP contribution in [0.1, 0.15) is 30.1 Å². The Bertz CT molecular complexity index is 961. The van der Waals surface area contributed by atoms with Gasteiger partial charge < -0.3 is 15.0 Å². The van der Waals surface area contributed by atoms with Gasteiger partial charge in [0.15, 0.2) is 0 Å². The van der Waals surface area contributed by atoms with Crippen molar-refractivity contribution in [1.82, 2.24) is 9.80 Å². The molecule has 0 saturated carbocycles. The van der Waals surface area contributed by atoms with Crippen molar-refractivity contribution in [2.45, 2.75) is 25.8 Å². The molecule has 1 aliphatic rings. The predicted molar refractivity (Wildman–Crippen MR) is 123 cm³/mol. The number of hydrogen-bond acceptors (Lipinski definition) is 6. The molecule has 1 aromatic carbocycles. The van der Waals surface area contributed by atoms with E-state index in [4.69, 9.17) is 16.3 Å². The first-order chi connectivity index (χ1) is 14.8. The molecule has 1 saturated heterocycles. The van der Waals surface area contributed by atoms with Crippen LogP contribution in [0.25, 0.3) is 11.1 Å². The molecule has 2 heterocycles. The van der Waals surface area contributed by atoms with Crippen molar-refractivity contribution < 1.29 is 19.1 Å². The minimum atomic E-state index is -0.540. The van der Waals surface area contributed by atoms with E-state index in [0.717, 1.165) is 29.7 Å². The number of ether oxygens (including phenoxy) is 1. The van der Waals surface area contributed by atoms with Crippen LogP contribution in [0.2, 0.25) is 4.34 Å². The lowest BCUT2D eigenvalue weighted by Crippen LogP contribution is -2.45. The smallest absolute Gasteiger partial charge is 0.341 e. The Labute approximate surface area is 190 Å².